The van der Waals surface area contributed by atoms with Crippen molar-refractivity contribution in [3.8, 4) is 5.75 Å². The molecule has 1 aliphatic rings. The van der Waals surface area contributed by atoms with Gasteiger partial charge in [-0.3, -0.25) is 25.8 Å². The number of amides is 1. The summed E-state index contributed by atoms with van der Waals surface area (Å²) < 4.78 is 49.4. The Morgan fingerprint density at radius 1 is 1.27 bits per heavy atom. The van der Waals surface area contributed by atoms with Gasteiger partial charge in [-0.2, -0.15) is 13.2 Å². The summed E-state index contributed by atoms with van der Waals surface area (Å²) in [6.45, 7) is 1.04. The van der Waals surface area contributed by atoms with Gasteiger partial charge in [-0.1, -0.05) is 6.07 Å². The number of hydrazine groups is 1. The van der Waals surface area contributed by atoms with Crippen LogP contribution in [0.5, 0.6) is 5.75 Å². The summed E-state index contributed by atoms with van der Waals surface area (Å²) >= 11 is 0. The normalized spacial score (nSPS) is 16.2. The van der Waals surface area contributed by atoms with Crippen molar-refractivity contribution in [1.29, 1.82) is 0 Å². The molecule has 0 radical (unpaired) electrons. The predicted octanol–water partition coefficient (Wildman–Crippen LogP) is 3.93. The molecule has 1 saturated heterocycles. The van der Waals surface area contributed by atoms with E-state index in [1.54, 1.807) is 12.1 Å². The summed E-state index contributed by atoms with van der Waals surface area (Å²) in [5.41, 5.74) is 2.46. The van der Waals surface area contributed by atoms with E-state index in [4.69, 9.17) is 9.47 Å². The molecule has 0 aromatic heterocycles. The van der Waals surface area contributed by atoms with Crippen LogP contribution in [0.3, 0.4) is 0 Å². The molecule has 1 aliphatic heterocycles. The van der Waals surface area contributed by atoms with E-state index in [0.29, 0.717) is 31.1 Å². The van der Waals surface area contributed by atoms with Crippen molar-refractivity contribution in [2.45, 2.75) is 25.1 Å². The van der Waals surface area contributed by atoms with Crippen LogP contribution in [0.15, 0.2) is 42.5 Å². The molecule has 0 aliphatic carbocycles. The van der Waals surface area contributed by atoms with Crippen LogP contribution in [0.2, 0.25) is 0 Å². The summed E-state index contributed by atoms with van der Waals surface area (Å²) in [4.78, 5) is 22.5. The highest BCUT2D eigenvalue weighted by Crippen LogP contribution is 2.34. The molecule has 2 N–H and O–H groups in total. The van der Waals surface area contributed by atoms with Crippen LogP contribution in [0.4, 0.5) is 24.5 Å². The van der Waals surface area contributed by atoms with Crippen molar-refractivity contribution in [2.75, 3.05) is 18.6 Å². The van der Waals surface area contributed by atoms with E-state index in [-0.39, 0.29) is 17.4 Å². The Balaban J connectivity index is 1.65. The number of carbonyl (C=O) groups is 1. The number of ether oxygens (including phenoxy) is 2. The van der Waals surface area contributed by atoms with Gasteiger partial charge >= 0.3 is 6.18 Å². The van der Waals surface area contributed by atoms with Crippen molar-refractivity contribution in [3.05, 3.63) is 63.7 Å². The molecule has 160 valence electrons. The Morgan fingerprint density at radius 3 is 2.73 bits per heavy atom. The van der Waals surface area contributed by atoms with Gasteiger partial charge in [-0.15, -0.1) is 0 Å². The smallest absolute Gasteiger partial charge is 0.416 e. The Hall–Kier alpha value is -3.34. The zero-order valence-electron chi connectivity index (χ0n) is 15.6. The van der Waals surface area contributed by atoms with E-state index in [0.717, 1.165) is 18.9 Å². The lowest BCUT2D eigenvalue weighted by Gasteiger charge is -2.13. The van der Waals surface area contributed by atoms with Crippen molar-refractivity contribution in [1.82, 2.24) is 5.43 Å². The van der Waals surface area contributed by atoms with Gasteiger partial charge in [0, 0.05) is 18.2 Å². The second kappa shape index (κ2) is 8.99. The fourth-order valence-corrected chi connectivity index (χ4v) is 2.85. The molecule has 30 heavy (non-hydrogen) atoms. The number of hydrogen-bond acceptors (Lipinski definition) is 6. The average molecular weight is 425 g/mol. The fraction of sp³-hybridized carbons (Fsp3) is 0.316. The molecule has 0 saturated carbocycles. The van der Waals surface area contributed by atoms with Crippen LogP contribution < -0.4 is 15.6 Å². The number of halogens is 3. The lowest BCUT2D eigenvalue weighted by molar-refractivity contribution is -0.384. The number of alkyl halides is 3. The maximum atomic E-state index is 12.8. The Kier molecular flexibility index (Phi) is 6.40. The highest BCUT2D eigenvalue weighted by molar-refractivity contribution is 5.95. The van der Waals surface area contributed by atoms with Crippen molar-refractivity contribution in [2.24, 2.45) is 0 Å². The first-order valence-electron chi connectivity index (χ1n) is 9.00. The van der Waals surface area contributed by atoms with E-state index >= 15 is 0 Å². The van der Waals surface area contributed by atoms with Crippen LogP contribution in [0.25, 0.3) is 0 Å². The molecule has 8 nitrogen and oxygen atoms in total. The number of benzene rings is 2. The standard InChI is InChI=1S/C19H18F3N3O5/c20-19(21,22)13-6-7-16(17(10-13)25(27)28)23-24-18(26)12-3-1-4-14(9-12)30-11-15-5-2-8-29-15/h1,3-4,6-7,9-10,15,23H,2,5,8,11H2,(H,24,26). The molecule has 1 fully saturated rings. The quantitative estimate of drug-likeness (QED) is 0.515. The largest absolute Gasteiger partial charge is 0.491 e. The summed E-state index contributed by atoms with van der Waals surface area (Å²) in [6.07, 6.45) is -2.85. The molecular weight excluding hydrogens is 407 g/mol. The van der Waals surface area contributed by atoms with Crippen LogP contribution in [0.1, 0.15) is 28.8 Å². The molecule has 1 heterocycles. The third kappa shape index (κ3) is 5.38. The van der Waals surface area contributed by atoms with Crippen molar-refractivity contribution < 1.29 is 32.4 Å². The number of nitrogens with one attached hydrogen (secondary N) is 2. The third-order valence-corrected chi connectivity index (χ3v) is 4.39. The van der Waals surface area contributed by atoms with Gasteiger partial charge in [0.25, 0.3) is 11.6 Å². The van der Waals surface area contributed by atoms with E-state index in [2.05, 4.69) is 10.9 Å². The second-order valence-electron chi connectivity index (χ2n) is 6.54. The van der Waals surface area contributed by atoms with E-state index in [1.807, 2.05) is 0 Å². The predicted molar refractivity (Wildman–Crippen MR) is 100 cm³/mol. The Bertz CT molecular complexity index is 930. The molecule has 1 atom stereocenters. The molecular formula is C19H18F3N3O5. The Morgan fingerprint density at radius 2 is 2.07 bits per heavy atom. The minimum absolute atomic E-state index is 0.00404. The maximum absolute atomic E-state index is 12.8. The second-order valence-corrected chi connectivity index (χ2v) is 6.54. The molecule has 1 amide bonds. The molecule has 2 aromatic carbocycles. The van der Waals surface area contributed by atoms with Crippen LogP contribution >= 0.6 is 0 Å². The summed E-state index contributed by atoms with van der Waals surface area (Å²) in [7, 11) is 0. The first-order valence-corrected chi connectivity index (χ1v) is 9.00. The zero-order valence-corrected chi connectivity index (χ0v) is 15.6. The van der Waals surface area contributed by atoms with E-state index in [9.17, 15) is 28.1 Å². The molecule has 0 bridgehead atoms. The van der Waals surface area contributed by atoms with Gasteiger partial charge in [0.1, 0.15) is 18.0 Å². The van der Waals surface area contributed by atoms with Gasteiger partial charge in [-0.25, -0.2) is 0 Å². The lowest BCUT2D eigenvalue weighted by atomic mass is 10.1. The van der Waals surface area contributed by atoms with Crippen LogP contribution in [-0.4, -0.2) is 30.1 Å². The number of carbonyl (C=O) groups excluding carboxylic acids is 1. The lowest BCUT2D eigenvalue weighted by Crippen LogP contribution is -2.29. The maximum Gasteiger partial charge on any atom is 0.416 e. The fourth-order valence-electron chi connectivity index (χ4n) is 2.85. The highest BCUT2D eigenvalue weighted by Gasteiger charge is 2.33. The van der Waals surface area contributed by atoms with E-state index < -0.39 is 28.3 Å². The number of nitro benzene ring substituents is 1. The topological polar surface area (TPSA) is 103 Å². The molecule has 1 unspecified atom stereocenters. The SMILES string of the molecule is O=C(NNc1ccc(C(F)(F)F)cc1[N+](=O)[O-])c1cccc(OCC2CCCO2)c1. The summed E-state index contributed by atoms with van der Waals surface area (Å²) in [6, 6.07) is 8.20. The van der Waals surface area contributed by atoms with Gasteiger partial charge in [-0.05, 0) is 43.2 Å². The number of nitrogens with zero attached hydrogens (tertiary/aromatic N) is 1. The van der Waals surface area contributed by atoms with Gasteiger partial charge < -0.3 is 9.47 Å². The van der Waals surface area contributed by atoms with Crippen molar-refractivity contribution >= 4 is 17.3 Å². The van der Waals surface area contributed by atoms with Gasteiger partial charge in [0.15, 0.2) is 0 Å². The van der Waals surface area contributed by atoms with Crippen LogP contribution in [-0.2, 0) is 10.9 Å². The zero-order chi connectivity index (χ0) is 21.7. The monoisotopic (exact) mass is 425 g/mol. The highest BCUT2D eigenvalue weighted by atomic mass is 19.4. The molecule has 0 spiro atoms. The summed E-state index contributed by atoms with van der Waals surface area (Å²) in [5.74, 6) is -0.203. The molecule has 2 aromatic rings. The van der Waals surface area contributed by atoms with Gasteiger partial charge in [0.2, 0.25) is 0 Å². The van der Waals surface area contributed by atoms with E-state index in [1.165, 1.54) is 12.1 Å². The number of anilines is 1. The number of rotatable bonds is 7. The van der Waals surface area contributed by atoms with Crippen LogP contribution in [0, 0.1) is 10.1 Å². The Labute approximate surface area is 169 Å². The minimum Gasteiger partial charge on any atom is -0.491 e. The van der Waals surface area contributed by atoms with Crippen molar-refractivity contribution in [3.63, 3.8) is 0 Å². The average Bonchev–Trinajstić information content (AvgIpc) is 3.23. The summed E-state index contributed by atoms with van der Waals surface area (Å²) in [5, 5.41) is 11.1. The van der Waals surface area contributed by atoms with Gasteiger partial charge in [0.05, 0.1) is 16.6 Å². The first kappa shape index (κ1) is 21.4. The number of nitro groups is 1. The first-order chi connectivity index (χ1) is 14.2. The molecule has 3 rings (SSSR count). The molecule has 11 heteroatoms. The number of hydrogen-bond donors (Lipinski definition) is 2. The third-order valence-electron chi connectivity index (χ3n) is 4.39. The minimum atomic E-state index is -4.73.